The van der Waals surface area contributed by atoms with E-state index in [0.717, 1.165) is 37.5 Å². The van der Waals surface area contributed by atoms with E-state index in [0.29, 0.717) is 0 Å². The Kier molecular flexibility index (Phi) is 5.53. The lowest BCUT2D eigenvalue weighted by molar-refractivity contribution is -0.134. The molecule has 1 aliphatic heterocycles. The van der Waals surface area contributed by atoms with Crippen LogP contribution in [0.1, 0.15) is 18.4 Å². The largest absolute Gasteiger partial charge is 0.484 e. The fraction of sp³-hybridized carbons (Fsp3) is 0.400. The summed E-state index contributed by atoms with van der Waals surface area (Å²) < 4.78 is 5.61. The number of pyridine rings is 1. The second-order valence-corrected chi connectivity index (χ2v) is 6.51. The fourth-order valence-corrected chi connectivity index (χ4v) is 3.11. The Labute approximate surface area is 149 Å². The van der Waals surface area contributed by atoms with Gasteiger partial charge in [-0.15, -0.1) is 0 Å². The Balaban J connectivity index is 1.47. The van der Waals surface area contributed by atoms with Crippen molar-refractivity contribution in [2.45, 2.75) is 25.8 Å². The van der Waals surface area contributed by atoms with E-state index in [-0.39, 0.29) is 18.6 Å². The third-order valence-electron chi connectivity index (χ3n) is 4.76. The molecule has 3 rings (SSSR count). The highest BCUT2D eigenvalue weighted by atomic mass is 16.5. The molecule has 5 nitrogen and oxygen atoms in total. The number of rotatable bonds is 5. The standard InChI is InChI=1S/C20H25N3O2/c1-16-6-8-18(9-7-16)25-15-20(24)22(2)17-10-13-23(14-11-17)19-5-3-4-12-21-19/h3-9,12,17H,10-11,13-15H2,1-2H3. The number of aryl methyl sites for hydroxylation is 1. The second-order valence-electron chi connectivity index (χ2n) is 6.51. The zero-order valence-electron chi connectivity index (χ0n) is 14.9. The van der Waals surface area contributed by atoms with Crippen molar-refractivity contribution in [1.82, 2.24) is 9.88 Å². The van der Waals surface area contributed by atoms with Gasteiger partial charge < -0.3 is 14.5 Å². The number of hydrogen-bond acceptors (Lipinski definition) is 4. The number of carbonyl (C=O) groups is 1. The summed E-state index contributed by atoms with van der Waals surface area (Å²) in [6.07, 6.45) is 3.71. The fourth-order valence-electron chi connectivity index (χ4n) is 3.11. The summed E-state index contributed by atoms with van der Waals surface area (Å²) in [6, 6.07) is 14.0. The molecule has 0 bridgehead atoms. The maximum Gasteiger partial charge on any atom is 0.260 e. The van der Waals surface area contributed by atoms with Crippen LogP contribution in [0.25, 0.3) is 0 Å². The third kappa shape index (κ3) is 4.50. The van der Waals surface area contributed by atoms with E-state index < -0.39 is 0 Å². The minimum absolute atomic E-state index is 0.0249. The van der Waals surface area contributed by atoms with Gasteiger partial charge in [0.05, 0.1) is 0 Å². The van der Waals surface area contributed by atoms with Crippen LogP contribution in [-0.2, 0) is 4.79 Å². The van der Waals surface area contributed by atoms with E-state index >= 15 is 0 Å². The van der Waals surface area contributed by atoms with Gasteiger partial charge in [0.25, 0.3) is 5.91 Å². The molecule has 1 fully saturated rings. The van der Waals surface area contributed by atoms with Crippen LogP contribution in [0.3, 0.4) is 0 Å². The normalized spacial score (nSPS) is 15.0. The lowest BCUT2D eigenvalue weighted by Gasteiger charge is -2.37. The van der Waals surface area contributed by atoms with Gasteiger partial charge in [0.15, 0.2) is 6.61 Å². The van der Waals surface area contributed by atoms with Gasteiger partial charge in [-0.05, 0) is 44.0 Å². The van der Waals surface area contributed by atoms with Gasteiger partial charge in [0.1, 0.15) is 11.6 Å². The van der Waals surface area contributed by atoms with Crippen molar-refractivity contribution in [2.75, 3.05) is 31.6 Å². The molecule has 1 aliphatic rings. The minimum Gasteiger partial charge on any atom is -0.484 e. The summed E-state index contributed by atoms with van der Waals surface area (Å²) in [4.78, 5) is 20.9. The van der Waals surface area contributed by atoms with Crippen LogP contribution in [-0.4, -0.2) is 48.6 Å². The molecule has 2 aromatic rings. The number of piperidine rings is 1. The first kappa shape index (κ1) is 17.3. The molecular weight excluding hydrogens is 314 g/mol. The molecule has 0 atom stereocenters. The van der Waals surface area contributed by atoms with Crippen molar-refractivity contribution in [3.05, 3.63) is 54.2 Å². The molecular formula is C20H25N3O2. The Bertz CT molecular complexity index is 680. The summed E-state index contributed by atoms with van der Waals surface area (Å²) in [5.41, 5.74) is 1.18. The average molecular weight is 339 g/mol. The molecule has 25 heavy (non-hydrogen) atoms. The van der Waals surface area contributed by atoms with Gasteiger partial charge in [-0.3, -0.25) is 4.79 Å². The van der Waals surface area contributed by atoms with Crippen LogP contribution in [0.4, 0.5) is 5.82 Å². The highest BCUT2D eigenvalue weighted by Crippen LogP contribution is 2.20. The monoisotopic (exact) mass is 339 g/mol. The van der Waals surface area contributed by atoms with E-state index in [1.54, 1.807) is 0 Å². The van der Waals surface area contributed by atoms with Crippen LogP contribution in [0.5, 0.6) is 5.75 Å². The Morgan fingerprint density at radius 2 is 1.92 bits per heavy atom. The van der Waals surface area contributed by atoms with Gasteiger partial charge in [0.2, 0.25) is 0 Å². The van der Waals surface area contributed by atoms with Crippen molar-refractivity contribution < 1.29 is 9.53 Å². The molecule has 1 aromatic heterocycles. The predicted molar refractivity (Wildman–Crippen MR) is 98.9 cm³/mol. The molecule has 132 valence electrons. The number of hydrogen-bond donors (Lipinski definition) is 0. The number of carbonyl (C=O) groups excluding carboxylic acids is 1. The number of amides is 1. The molecule has 1 saturated heterocycles. The first-order valence-electron chi connectivity index (χ1n) is 8.74. The number of aromatic nitrogens is 1. The quantitative estimate of drug-likeness (QED) is 0.840. The van der Waals surface area contributed by atoms with Gasteiger partial charge in [-0.1, -0.05) is 23.8 Å². The maximum absolute atomic E-state index is 12.4. The SMILES string of the molecule is Cc1ccc(OCC(=O)N(C)C2CCN(c3ccccn3)CC2)cc1. The highest BCUT2D eigenvalue weighted by molar-refractivity contribution is 5.77. The van der Waals surface area contributed by atoms with E-state index in [1.807, 2.05) is 67.5 Å². The van der Waals surface area contributed by atoms with E-state index in [1.165, 1.54) is 5.56 Å². The minimum atomic E-state index is 0.0249. The topological polar surface area (TPSA) is 45.7 Å². The summed E-state index contributed by atoms with van der Waals surface area (Å²) >= 11 is 0. The lowest BCUT2D eigenvalue weighted by Crippen LogP contribution is -2.47. The van der Waals surface area contributed by atoms with Crippen molar-refractivity contribution in [2.24, 2.45) is 0 Å². The van der Waals surface area contributed by atoms with Gasteiger partial charge >= 0.3 is 0 Å². The lowest BCUT2D eigenvalue weighted by atomic mass is 10.0. The zero-order valence-corrected chi connectivity index (χ0v) is 14.9. The third-order valence-corrected chi connectivity index (χ3v) is 4.76. The summed E-state index contributed by atoms with van der Waals surface area (Å²) in [7, 11) is 1.88. The number of likely N-dealkylation sites (N-methyl/N-ethyl adjacent to an activating group) is 1. The molecule has 0 N–H and O–H groups in total. The van der Waals surface area contributed by atoms with Crippen LogP contribution >= 0.6 is 0 Å². The smallest absolute Gasteiger partial charge is 0.260 e. The van der Waals surface area contributed by atoms with Crippen molar-refractivity contribution in [1.29, 1.82) is 0 Å². The molecule has 0 saturated carbocycles. The maximum atomic E-state index is 12.4. The van der Waals surface area contributed by atoms with Crippen molar-refractivity contribution in [3.8, 4) is 5.75 Å². The van der Waals surface area contributed by atoms with Gasteiger partial charge in [-0.25, -0.2) is 4.98 Å². The summed E-state index contributed by atoms with van der Waals surface area (Å²) in [6.45, 7) is 3.94. The van der Waals surface area contributed by atoms with Crippen molar-refractivity contribution >= 4 is 11.7 Å². The molecule has 5 heteroatoms. The average Bonchev–Trinajstić information content (AvgIpc) is 2.67. The summed E-state index contributed by atoms with van der Waals surface area (Å²) in [5.74, 6) is 1.77. The van der Waals surface area contributed by atoms with Gasteiger partial charge in [-0.2, -0.15) is 0 Å². The van der Waals surface area contributed by atoms with Crippen LogP contribution < -0.4 is 9.64 Å². The van der Waals surface area contributed by atoms with Crippen LogP contribution in [0.2, 0.25) is 0 Å². The Morgan fingerprint density at radius 1 is 1.20 bits per heavy atom. The molecule has 0 aliphatic carbocycles. The first-order valence-corrected chi connectivity index (χ1v) is 8.74. The van der Waals surface area contributed by atoms with Crippen LogP contribution in [0, 0.1) is 6.92 Å². The highest BCUT2D eigenvalue weighted by Gasteiger charge is 2.26. The number of ether oxygens (including phenoxy) is 1. The molecule has 0 unspecified atom stereocenters. The molecule has 1 aromatic carbocycles. The number of nitrogens with zero attached hydrogens (tertiary/aromatic N) is 3. The first-order chi connectivity index (χ1) is 12.1. The molecule has 0 spiro atoms. The second kappa shape index (κ2) is 8.01. The van der Waals surface area contributed by atoms with E-state index in [4.69, 9.17) is 4.74 Å². The van der Waals surface area contributed by atoms with Gasteiger partial charge in [0, 0.05) is 32.4 Å². The van der Waals surface area contributed by atoms with E-state index in [2.05, 4.69) is 9.88 Å². The molecule has 2 heterocycles. The number of anilines is 1. The Morgan fingerprint density at radius 3 is 2.56 bits per heavy atom. The number of benzene rings is 1. The molecule has 0 radical (unpaired) electrons. The Hall–Kier alpha value is -2.56. The van der Waals surface area contributed by atoms with Crippen molar-refractivity contribution in [3.63, 3.8) is 0 Å². The van der Waals surface area contributed by atoms with E-state index in [9.17, 15) is 4.79 Å². The summed E-state index contributed by atoms with van der Waals surface area (Å²) in [5, 5.41) is 0. The molecule has 1 amide bonds. The van der Waals surface area contributed by atoms with Crippen LogP contribution in [0.15, 0.2) is 48.7 Å². The predicted octanol–water partition coefficient (Wildman–Crippen LogP) is 2.90. The zero-order chi connectivity index (χ0) is 17.6.